The van der Waals surface area contributed by atoms with Crippen LogP contribution in [0, 0.1) is 5.92 Å². The van der Waals surface area contributed by atoms with E-state index in [0.717, 1.165) is 49.2 Å². The molecule has 1 aromatic carbocycles. The van der Waals surface area contributed by atoms with E-state index in [9.17, 15) is 4.79 Å². The number of anilines is 1. The molecular formula is C15H23N3O. The first kappa shape index (κ1) is 13.9. The molecular weight excluding hydrogens is 238 g/mol. The molecule has 1 amide bonds. The predicted molar refractivity (Wildman–Crippen MR) is 77.7 cm³/mol. The number of nitrogens with one attached hydrogen (secondary N) is 2. The minimum absolute atomic E-state index is 0.111. The van der Waals surface area contributed by atoms with Crippen LogP contribution in [0.2, 0.25) is 0 Å². The van der Waals surface area contributed by atoms with Gasteiger partial charge in [-0.15, -0.1) is 0 Å². The molecule has 1 saturated heterocycles. The zero-order valence-electron chi connectivity index (χ0n) is 11.5. The lowest BCUT2D eigenvalue weighted by molar-refractivity contribution is -0.125. The zero-order chi connectivity index (χ0) is 13.7. The fourth-order valence-corrected chi connectivity index (χ4v) is 2.65. The van der Waals surface area contributed by atoms with Crippen LogP contribution in [0.1, 0.15) is 30.9 Å². The standard InChI is InChI=1S/C15H23N3O/c1-2-13-11(5-3-7-14(13)16)10-18-15(19)12-6-4-8-17-9-12/h3,5,7,12,17H,2,4,6,8-10,16H2,1H3,(H,18,19)/t12-/m1/s1. The number of carbonyl (C=O) groups excluding carboxylic acids is 1. The molecule has 1 aliphatic rings. The van der Waals surface area contributed by atoms with Gasteiger partial charge in [-0.25, -0.2) is 0 Å². The minimum atomic E-state index is 0.111. The first-order chi connectivity index (χ1) is 9.22. The Bertz CT molecular complexity index is 439. The van der Waals surface area contributed by atoms with Crippen molar-refractivity contribution in [1.29, 1.82) is 0 Å². The Morgan fingerprint density at radius 2 is 2.37 bits per heavy atom. The van der Waals surface area contributed by atoms with Gasteiger partial charge in [-0.3, -0.25) is 4.79 Å². The Balaban J connectivity index is 1.94. The molecule has 4 N–H and O–H groups in total. The van der Waals surface area contributed by atoms with Crippen molar-refractivity contribution in [3.05, 3.63) is 29.3 Å². The van der Waals surface area contributed by atoms with Crippen molar-refractivity contribution >= 4 is 11.6 Å². The highest BCUT2D eigenvalue weighted by Crippen LogP contribution is 2.18. The van der Waals surface area contributed by atoms with Gasteiger partial charge in [0, 0.05) is 18.8 Å². The summed E-state index contributed by atoms with van der Waals surface area (Å²) >= 11 is 0. The molecule has 0 spiro atoms. The van der Waals surface area contributed by atoms with E-state index in [1.807, 2.05) is 18.2 Å². The summed E-state index contributed by atoms with van der Waals surface area (Å²) in [5, 5.41) is 6.30. The van der Waals surface area contributed by atoms with Gasteiger partial charge >= 0.3 is 0 Å². The molecule has 1 heterocycles. The molecule has 0 aliphatic carbocycles. The van der Waals surface area contributed by atoms with Crippen molar-refractivity contribution in [3.8, 4) is 0 Å². The molecule has 0 radical (unpaired) electrons. The third-order valence-corrected chi connectivity index (χ3v) is 3.78. The second kappa shape index (κ2) is 6.57. The van der Waals surface area contributed by atoms with E-state index < -0.39 is 0 Å². The Morgan fingerprint density at radius 3 is 3.05 bits per heavy atom. The van der Waals surface area contributed by atoms with Gasteiger partial charge in [-0.2, -0.15) is 0 Å². The van der Waals surface area contributed by atoms with Gasteiger partial charge < -0.3 is 16.4 Å². The molecule has 1 aromatic rings. The molecule has 104 valence electrons. The first-order valence-electron chi connectivity index (χ1n) is 7.07. The number of nitrogens with two attached hydrogens (primary N) is 1. The van der Waals surface area contributed by atoms with Crippen LogP contribution in [0.3, 0.4) is 0 Å². The van der Waals surface area contributed by atoms with Gasteiger partial charge in [0.05, 0.1) is 5.92 Å². The highest BCUT2D eigenvalue weighted by molar-refractivity contribution is 5.79. The lowest BCUT2D eigenvalue weighted by Gasteiger charge is -2.22. The Kier molecular flexibility index (Phi) is 4.80. The van der Waals surface area contributed by atoms with Gasteiger partial charge in [0.2, 0.25) is 5.91 Å². The van der Waals surface area contributed by atoms with E-state index in [2.05, 4.69) is 17.6 Å². The van der Waals surface area contributed by atoms with Gasteiger partial charge in [-0.1, -0.05) is 19.1 Å². The van der Waals surface area contributed by atoms with E-state index in [1.54, 1.807) is 0 Å². The first-order valence-corrected chi connectivity index (χ1v) is 7.07. The minimum Gasteiger partial charge on any atom is -0.398 e. The lowest BCUT2D eigenvalue weighted by Crippen LogP contribution is -2.40. The third kappa shape index (κ3) is 3.47. The SMILES string of the molecule is CCc1c(N)cccc1CNC(=O)[C@@H]1CCCNC1. The molecule has 1 fully saturated rings. The quantitative estimate of drug-likeness (QED) is 0.719. The summed E-state index contributed by atoms with van der Waals surface area (Å²) < 4.78 is 0. The molecule has 4 nitrogen and oxygen atoms in total. The molecule has 2 rings (SSSR count). The van der Waals surface area contributed by atoms with Crippen LogP contribution in [0.25, 0.3) is 0 Å². The number of rotatable bonds is 4. The number of hydrogen-bond acceptors (Lipinski definition) is 3. The van der Waals surface area contributed by atoms with Crippen LogP contribution in [0.5, 0.6) is 0 Å². The summed E-state index contributed by atoms with van der Waals surface area (Å²) in [6.07, 6.45) is 2.95. The van der Waals surface area contributed by atoms with Crippen LogP contribution >= 0.6 is 0 Å². The summed E-state index contributed by atoms with van der Waals surface area (Å²) in [7, 11) is 0. The van der Waals surface area contributed by atoms with Gasteiger partial charge in [0.1, 0.15) is 0 Å². The van der Waals surface area contributed by atoms with Crippen molar-refractivity contribution in [2.24, 2.45) is 5.92 Å². The summed E-state index contributed by atoms with van der Waals surface area (Å²) in [6.45, 7) is 4.48. The van der Waals surface area contributed by atoms with Crippen LogP contribution in [0.4, 0.5) is 5.69 Å². The van der Waals surface area contributed by atoms with Crippen LogP contribution < -0.4 is 16.4 Å². The maximum absolute atomic E-state index is 12.1. The van der Waals surface area contributed by atoms with Crippen molar-refractivity contribution in [1.82, 2.24) is 10.6 Å². The second-order valence-corrected chi connectivity index (χ2v) is 5.10. The monoisotopic (exact) mass is 261 g/mol. The summed E-state index contributed by atoms with van der Waals surface area (Å²) in [6, 6.07) is 5.89. The highest BCUT2D eigenvalue weighted by atomic mass is 16.1. The fourth-order valence-electron chi connectivity index (χ4n) is 2.65. The van der Waals surface area contributed by atoms with Gasteiger partial charge in [0.15, 0.2) is 0 Å². The molecule has 0 saturated carbocycles. The van der Waals surface area contributed by atoms with Gasteiger partial charge in [-0.05, 0) is 43.0 Å². The molecule has 4 heteroatoms. The number of nitrogen functional groups attached to an aromatic ring is 1. The van der Waals surface area contributed by atoms with Crippen LogP contribution in [-0.4, -0.2) is 19.0 Å². The smallest absolute Gasteiger partial charge is 0.224 e. The van der Waals surface area contributed by atoms with Gasteiger partial charge in [0.25, 0.3) is 0 Å². The average molecular weight is 261 g/mol. The normalized spacial score (nSPS) is 19.1. The molecule has 1 aliphatic heterocycles. The van der Waals surface area contributed by atoms with Crippen molar-refractivity contribution in [3.63, 3.8) is 0 Å². The third-order valence-electron chi connectivity index (χ3n) is 3.78. The van der Waals surface area contributed by atoms with Crippen LogP contribution in [-0.2, 0) is 17.8 Å². The average Bonchev–Trinajstić information content (AvgIpc) is 2.45. The van der Waals surface area contributed by atoms with Crippen molar-refractivity contribution in [2.45, 2.75) is 32.7 Å². The van der Waals surface area contributed by atoms with Crippen LogP contribution in [0.15, 0.2) is 18.2 Å². The number of amides is 1. The lowest BCUT2D eigenvalue weighted by atomic mass is 9.98. The summed E-state index contributed by atoms with van der Waals surface area (Å²) in [4.78, 5) is 12.1. The summed E-state index contributed by atoms with van der Waals surface area (Å²) in [5.74, 6) is 0.261. The molecule has 0 aromatic heterocycles. The van der Waals surface area contributed by atoms with Crippen molar-refractivity contribution in [2.75, 3.05) is 18.8 Å². The van der Waals surface area contributed by atoms with E-state index in [-0.39, 0.29) is 11.8 Å². The molecule has 19 heavy (non-hydrogen) atoms. The Hall–Kier alpha value is -1.55. The largest absolute Gasteiger partial charge is 0.398 e. The fraction of sp³-hybridized carbons (Fsp3) is 0.533. The predicted octanol–water partition coefficient (Wildman–Crippen LogP) is 1.45. The van der Waals surface area contributed by atoms with E-state index in [0.29, 0.717) is 6.54 Å². The maximum Gasteiger partial charge on any atom is 0.224 e. The molecule has 1 atom stereocenters. The Labute approximate surface area is 114 Å². The Morgan fingerprint density at radius 1 is 1.53 bits per heavy atom. The van der Waals surface area contributed by atoms with E-state index >= 15 is 0 Å². The molecule has 0 bridgehead atoms. The number of carbonyl (C=O) groups is 1. The molecule has 0 unspecified atom stereocenters. The topological polar surface area (TPSA) is 67.1 Å². The zero-order valence-corrected chi connectivity index (χ0v) is 11.5. The van der Waals surface area contributed by atoms with E-state index in [4.69, 9.17) is 5.73 Å². The second-order valence-electron chi connectivity index (χ2n) is 5.10. The highest BCUT2D eigenvalue weighted by Gasteiger charge is 2.20. The number of piperidine rings is 1. The van der Waals surface area contributed by atoms with Crippen molar-refractivity contribution < 1.29 is 4.79 Å². The summed E-state index contributed by atoms with van der Waals surface area (Å²) in [5.41, 5.74) is 9.04. The number of benzene rings is 1. The van der Waals surface area contributed by atoms with E-state index in [1.165, 1.54) is 0 Å². The number of hydrogen-bond donors (Lipinski definition) is 3. The maximum atomic E-state index is 12.1.